The first-order valence-corrected chi connectivity index (χ1v) is 4.32. The first kappa shape index (κ1) is 8.62. The van der Waals surface area contributed by atoms with E-state index < -0.39 is 0 Å². The third-order valence-electron chi connectivity index (χ3n) is 2.31. The van der Waals surface area contributed by atoms with Crippen LogP contribution in [0.25, 0.3) is 10.9 Å². The van der Waals surface area contributed by atoms with Crippen LogP contribution in [0.4, 0.5) is 0 Å². The molecular weight excluding hydrogens is 176 g/mol. The topological polar surface area (TPSA) is 69.3 Å². The Morgan fingerprint density at radius 1 is 1.36 bits per heavy atom. The summed E-state index contributed by atoms with van der Waals surface area (Å²) in [6.07, 6.45) is 1.93. The van der Waals surface area contributed by atoms with Crippen molar-refractivity contribution in [1.29, 1.82) is 0 Å². The lowest BCUT2D eigenvalue weighted by Gasteiger charge is -1.95. The van der Waals surface area contributed by atoms with Gasteiger partial charge in [0.05, 0.1) is 0 Å². The maximum absolute atomic E-state index is 5.69. The number of nitrogens with zero attached hydrogens (tertiary/aromatic N) is 2. The number of nitrogens with two attached hydrogens (primary N) is 2. The summed E-state index contributed by atoms with van der Waals surface area (Å²) in [6, 6.07) is 7.99. The summed E-state index contributed by atoms with van der Waals surface area (Å²) in [5, 5.41) is 4.57. The van der Waals surface area contributed by atoms with Gasteiger partial charge in [-0.05, 0) is 6.07 Å². The Balaban J connectivity index is 2.79. The SMILES string of the molecule is Cn1cc(/C(N)=N/N)c2ccccc21. The van der Waals surface area contributed by atoms with E-state index in [4.69, 9.17) is 11.6 Å². The van der Waals surface area contributed by atoms with E-state index in [1.54, 1.807) is 0 Å². The molecule has 72 valence electrons. The molecule has 0 fully saturated rings. The molecule has 0 saturated heterocycles. The van der Waals surface area contributed by atoms with Gasteiger partial charge in [-0.15, -0.1) is 0 Å². The van der Waals surface area contributed by atoms with Gasteiger partial charge in [-0.25, -0.2) is 0 Å². The number of hydrogen-bond donors (Lipinski definition) is 2. The highest BCUT2D eigenvalue weighted by Gasteiger charge is 2.08. The zero-order chi connectivity index (χ0) is 10.1. The molecular formula is C10H12N4. The van der Waals surface area contributed by atoms with Gasteiger partial charge in [0.25, 0.3) is 0 Å². The third kappa shape index (κ3) is 1.12. The van der Waals surface area contributed by atoms with Crippen molar-refractivity contribution in [3.8, 4) is 0 Å². The van der Waals surface area contributed by atoms with Crippen LogP contribution in [0.15, 0.2) is 35.6 Å². The summed E-state index contributed by atoms with van der Waals surface area (Å²) >= 11 is 0. The molecule has 0 spiro atoms. The smallest absolute Gasteiger partial charge is 0.152 e. The minimum atomic E-state index is 0.363. The average molecular weight is 188 g/mol. The van der Waals surface area contributed by atoms with Crippen molar-refractivity contribution in [1.82, 2.24) is 4.57 Å². The summed E-state index contributed by atoms with van der Waals surface area (Å²) in [5.41, 5.74) is 7.69. The van der Waals surface area contributed by atoms with Crippen molar-refractivity contribution < 1.29 is 0 Å². The maximum atomic E-state index is 5.69. The minimum Gasteiger partial charge on any atom is -0.382 e. The van der Waals surface area contributed by atoms with Crippen molar-refractivity contribution >= 4 is 16.7 Å². The molecule has 4 nitrogen and oxygen atoms in total. The van der Waals surface area contributed by atoms with Crippen molar-refractivity contribution in [2.45, 2.75) is 0 Å². The highest BCUT2D eigenvalue weighted by Crippen LogP contribution is 2.19. The van der Waals surface area contributed by atoms with Crippen LogP contribution in [-0.2, 0) is 7.05 Å². The molecule has 0 aliphatic rings. The second kappa shape index (κ2) is 3.06. The van der Waals surface area contributed by atoms with E-state index in [0.29, 0.717) is 5.84 Å². The fourth-order valence-electron chi connectivity index (χ4n) is 1.62. The Hall–Kier alpha value is -1.97. The standard InChI is InChI=1S/C10H12N4/c1-14-6-8(10(11)13-12)7-4-2-3-5-9(7)14/h2-6H,12H2,1H3,(H2,11,13). The summed E-state index contributed by atoms with van der Waals surface area (Å²) in [6.45, 7) is 0. The molecule has 0 saturated carbocycles. The molecule has 1 heterocycles. The van der Waals surface area contributed by atoms with Crippen LogP contribution in [0.2, 0.25) is 0 Å². The maximum Gasteiger partial charge on any atom is 0.152 e. The fourth-order valence-corrected chi connectivity index (χ4v) is 1.62. The Kier molecular flexibility index (Phi) is 1.89. The van der Waals surface area contributed by atoms with E-state index in [1.807, 2.05) is 42.1 Å². The molecule has 0 atom stereocenters. The van der Waals surface area contributed by atoms with Crippen LogP contribution in [0, 0.1) is 0 Å². The molecule has 4 N–H and O–H groups in total. The molecule has 14 heavy (non-hydrogen) atoms. The Morgan fingerprint density at radius 2 is 2.07 bits per heavy atom. The first-order valence-electron chi connectivity index (χ1n) is 4.32. The van der Waals surface area contributed by atoms with E-state index in [1.165, 1.54) is 0 Å². The minimum absolute atomic E-state index is 0.363. The lowest BCUT2D eigenvalue weighted by atomic mass is 10.1. The number of aromatic nitrogens is 1. The molecule has 0 aliphatic carbocycles. The van der Waals surface area contributed by atoms with Crippen molar-refractivity contribution in [2.75, 3.05) is 0 Å². The second-order valence-corrected chi connectivity index (χ2v) is 3.19. The fraction of sp³-hybridized carbons (Fsp3) is 0.100. The summed E-state index contributed by atoms with van der Waals surface area (Å²) < 4.78 is 2.00. The van der Waals surface area contributed by atoms with E-state index in [9.17, 15) is 0 Å². The number of amidine groups is 1. The Morgan fingerprint density at radius 3 is 2.79 bits per heavy atom. The molecule has 0 radical (unpaired) electrons. The number of hydrogen-bond acceptors (Lipinski definition) is 2. The van der Waals surface area contributed by atoms with Gasteiger partial charge in [-0.3, -0.25) is 0 Å². The number of fused-ring (bicyclic) bond motifs is 1. The lowest BCUT2D eigenvalue weighted by Crippen LogP contribution is -2.14. The zero-order valence-electron chi connectivity index (χ0n) is 7.94. The molecule has 0 bridgehead atoms. The normalized spacial score (nSPS) is 12.2. The highest BCUT2D eigenvalue weighted by atomic mass is 15.2. The van der Waals surface area contributed by atoms with Gasteiger partial charge in [0.2, 0.25) is 0 Å². The first-order chi connectivity index (χ1) is 6.74. The van der Waals surface area contributed by atoms with Gasteiger partial charge in [0.15, 0.2) is 5.84 Å². The quantitative estimate of drug-likeness (QED) is 0.300. The van der Waals surface area contributed by atoms with Crippen LogP contribution >= 0.6 is 0 Å². The van der Waals surface area contributed by atoms with E-state index in [-0.39, 0.29) is 0 Å². The van der Waals surface area contributed by atoms with E-state index >= 15 is 0 Å². The number of para-hydroxylation sites is 1. The van der Waals surface area contributed by atoms with Crippen molar-refractivity contribution in [2.24, 2.45) is 23.7 Å². The average Bonchev–Trinajstić information content (AvgIpc) is 2.56. The van der Waals surface area contributed by atoms with Gasteiger partial charge in [-0.1, -0.05) is 18.2 Å². The molecule has 0 unspecified atom stereocenters. The number of benzene rings is 1. The Bertz CT molecular complexity index is 496. The predicted octanol–water partition coefficient (Wildman–Crippen LogP) is 0.757. The zero-order valence-corrected chi connectivity index (χ0v) is 7.94. The largest absolute Gasteiger partial charge is 0.382 e. The van der Waals surface area contributed by atoms with Gasteiger partial charge in [0, 0.05) is 29.7 Å². The van der Waals surface area contributed by atoms with Gasteiger partial charge >= 0.3 is 0 Å². The van der Waals surface area contributed by atoms with Gasteiger partial charge < -0.3 is 16.1 Å². The van der Waals surface area contributed by atoms with Gasteiger partial charge in [-0.2, -0.15) is 5.10 Å². The summed E-state index contributed by atoms with van der Waals surface area (Å²) in [5.74, 6) is 5.52. The van der Waals surface area contributed by atoms with E-state index in [2.05, 4.69) is 5.10 Å². The van der Waals surface area contributed by atoms with Gasteiger partial charge in [0.1, 0.15) is 0 Å². The van der Waals surface area contributed by atoms with Crippen LogP contribution in [0.5, 0.6) is 0 Å². The molecule has 2 rings (SSSR count). The lowest BCUT2D eigenvalue weighted by molar-refractivity contribution is 0.967. The molecule has 1 aromatic heterocycles. The summed E-state index contributed by atoms with van der Waals surface area (Å²) in [7, 11) is 1.97. The van der Waals surface area contributed by atoms with Crippen molar-refractivity contribution in [3.63, 3.8) is 0 Å². The molecule has 0 amide bonds. The number of aryl methyl sites for hydroxylation is 1. The van der Waals surface area contributed by atoms with Crippen LogP contribution in [0.3, 0.4) is 0 Å². The molecule has 4 heteroatoms. The highest BCUT2D eigenvalue weighted by molar-refractivity contribution is 6.08. The third-order valence-corrected chi connectivity index (χ3v) is 2.31. The predicted molar refractivity (Wildman–Crippen MR) is 57.8 cm³/mol. The molecule has 2 aromatic rings. The molecule has 0 aliphatic heterocycles. The second-order valence-electron chi connectivity index (χ2n) is 3.19. The molecule has 1 aromatic carbocycles. The van der Waals surface area contributed by atoms with Crippen molar-refractivity contribution in [3.05, 3.63) is 36.0 Å². The number of rotatable bonds is 1. The van der Waals surface area contributed by atoms with Crippen LogP contribution in [-0.4, -0.2) is 10.4 Å². The number of hydrazone groups is 1. The summed E-state index contributed by atoms with van der Waals surface area (Å²) in [4.78, 5) is 0. The van der Waals surface area contributed by atoms with E-state index in [0.717, 1.165) is 16.5 Å². The monoisotopic (exact) mass is 188 g/mol. The van der Waals surface area contributed by atoms with Crippen LogP contribution in [0.1, 0.15) is 5.56 Å². The van der Waals surface area contributed by atoms with Crippen LogP contribution < -0.4 is 11.6 Å². The Labute approximate surface area is 81.8 Å².